The van der Waals surface area contributed by atoms with Gasteiger partial charge in [-0.1, -0.05) is 20.8 Å². The molecule has 0 spiro atoms. The Bertz CT molecular complexity index is 300. The second kappa shape index (κ2) is 6.37. The Labute approximate surface area is 118 Å². The lowest BCUT2D eigenvalue weighted by Crippen LogP contribution is -2.47. The minimum atomic E-state index is -2.06. The van der Waals surface area contributed by atoms with Crippen molar-refractivity contribution in [3.8, 4) is 0 Å². The number of hydrogen-bond acceptors (Lipinski definition) is 4. The number of carbonyl (C=O) groups excluding carboxylic acids is 1. The number of carbonyl (C=O) groups is 1. The summed E-state index contributed by atoms with van der Waals surface area (Å²) in [5, 5.41) is 9.13. The number of rotatable bonds is 5. The van der Waals surface area contributed by atoms with E-state index >= 15 is 0 Å². The van der Waals surface area contributed by atoms with Gasteiger partial charge in [-0.05, 0) is 38.9 Å². The monoisotopic (exact) mass is 290 g/mol. The van der Waals surface area contributed by atoms with Crippen LogP contribution in [0.3, 0.4) is 0 Å². The lowest BCUT2D eigenvalue weighted by atomic mass is 10.2. The third-order valence-electron chi connectivity index (χ3n) is 3.30. The summed E-state index contributed by atoms with van der Waals surface area (Å²) in [7, 11) is -2.06. The summed E-state index contributed by atoms with van der Waals surface area (Å²) >= 11 is 0. The van der Waals surface area contributed by atoms with Crippen molar-refractivity contribution in [2.24, 2.45) is 0 Å². The van der Waals surface area contributed by atoms with Crippen molar-refractivity contribution >= 4 is 14.3 Å². The molecule has 1 N–H and O–H groups in total. The van der Waals surface area contributed by atoms with E-state index in [0.29, 0.717) is 0 Å². The molecule has 0 amide bonds. The number of hydrogen-bond donors (Lipinski definition) is 1. The fraction of sp³-hybridized carbons (Fsp3) is 0.929. The summed E-state index contributed by atoms with van der Waals surface area (Å²) in [6.45, 7) is 15.9. The standard InChI is InChI=1S/C14H30O4Si/c1-13(2,3)17-12(16)11(9-10-15)18-19(7,8)14(4,5)6/h11,15H,9-10H2,1-8H3/t11-/m0/s1. The maximum absolute atomic E-state index is 12.1. The molecule has 0 radical (unpaired) electrons. The second-order valence-electron chi connectivity index (χ2n) is 7.41. The van der Waals surface area contributed by atoms with E-state index < -0.39 is 20.0 Å². The SMILES string of the molecule is CC(C)(C)OC(=O)[C@H](CCO)O[Si](C)(C)C(C)(C)C. The first kappa shape index (κ1) is 18.6. The van der Waals surface area contributed by atoms with Gasteiger partial charge in [-0.25, -0.2) is 4.79 Å². The van der Waals surface area contributed by atoms with Crippen LogP contribution in [0.15, 0.2) is 0 Å². The molecule has 0 unspecified atom stereocenters. The topological polar surface area (TPSA) is 55.8 Å². The zero-order valence-electron chi connectivity index (χ0n) is 13.7. The summed E-state index contributed by atoms with van der Waals surface area (Å²) in [4.78, 5) is 12.1. The van der Waals surface area contributed by atoms with Crippen LogP contribution in [0.4, 0.5) is 0 Å². The van der Waals surface area contributed by atoms with Gasteiger partial charge in [0.15, 0.2) is 8.32 Å². The van der Waals surface area contributed by atoms with Crippen molar-refractivity contribution < 1.29 is 19.1 Å². The molecule has 0 aromatic carbocycles. The van der Waals surface area contributed by atoms with Gasteiger partial charge in [-0.2, -0.15) is 0 Å². The van der Waals surface area contributed by atoms with E-state index in [1.165, 1.54) is 0 Å². The number of esters is 1. The third kappa shape index (κ3) is 6.54. The van der Waals surface area contributed by atoms with Crippen LogP contribution in [-0.2, 0) is 14.0 Å². The highest BCUT2D eigenvalue weighted by molar-refractivity contribution is 6.74. The van der Waals surface area contributed by atoms with Gasteiger partial charge < -0.3 is 14.3 Å². The van der Waals surface area contributed by atoms with Crippen molar-refractivity contribution in [3.05, 3.63) is 0 Å². The molecule has 0 aromatic heterocycles. The minimum Gasteiger partial charge on any atom is -0.458 e. The first-order chi connectivity index (χ1) is 8.30. The van der Waals surface area contributed by atoms with E-state index in [0.717, 1.165) is 0 Å². The van der Waals surface area contributed by atoms with E-state index in [1.54, 1.807) is 0 Å². The molecule has 0 fully saturated rings. The van der Waals surface area contributed by atoms with Crippen molar-refractivity contribution in [1.29, 1.82) is 0 Å². The van der Waals surface area contributed by atoms with Crippen LogP contribution in [0.1, 0.15) is 48.0 Å². The molecule has 0 heterocycles. The fourth-order valence-electron chi connectivity index (χ4n) is 1.24. The molecule has 5 heteroatoms. The maximum Gasteiger partial charge on any atom is 0.334 e. The number of aliphatic hydroxyl groups is 1. The van der Waals surface area contributed by atoms with Gasteiger partial charge in [0.05, 0.1) is 0 Å². The van der Waals surface area contributed by atoms with Crippen LogP contribution in [0.5, 0.6) is 0 Å². The van der Waals surface area contributed by atoms with E-state index in [4.69, 9.17) is 14.3 Å². The van der Waals surface area contributed by atoms with E-state index in [9.17, 15) is 4.79 Å². The molecule has 0 aliphatic carbocycles. The second-order valence-corrected chi connectivity index (χ2v) is 12.2. The van der Waals surface area contributed by atoms with Gasteiger partial charge in [-0.3, -0.25) is 0 Å². The molecule has 1 atom stereocenters. The van der Waals surface area contributed by atoms with Gasteiger partial charge in [0.25, 0.3) is 0 Å². The normalized spacial score (nSPS) is 15.2. The largest absolute Gasteiger partial charge is 0.458 e. The molecule has 0 bridgehead atoms. The van der Waals surface area contributed by atoms with E-state index in [2.05, 4.69) is 33.9 Å². The lowest BCUT2D eigenvalue weighted by molar-refractivity contribution is -0.164. The highest BCUT2D eigenvalue weighted by Gasteiger charge is 2.41. The Morgan fingerprint density at radius 3 is 1.95 bits per heavy atom. The molecule has 114 valence electrons. The highest BCUT2D eigenvalue weighted by Crippen LogP contribution is 2.37. The summed E-state index contributed by atoms with van der Waals surface area (Å²) in [6.07, 6.45) is -0.397. The van der Waals surface area contributed by atoms with Gasteiger partial charge in [0, 0.05) is 13.0 Å². The van der Waals surface area contributed by atoms with Crippen LogP contribution in [-0.4, -0.2) is 37.7 Å². The average molecular weight is 290 g/mol. The van der Waals surface area contributed by atoms with Crippen molar-refractivity contribution in [2.75, 3.05) is 6.61 Å². The van der Waals surface area contributed by atoms with Crippen molar-refractivity contribution in [1.82, 2.24) is 0 Å². The molecular formula is C14H30O4Si. The Kier molecular flexibility index (Phi) is 6.24. The quantitative estimate of drug-likeness (QED) is 0.624. The minimum absolute atomic E-state index is 0.0166. The van der Waals surface area contributed by atoms with Gasteiger partial charge in [0.1, 0.15) is 11.7 Å². The van der Waals surface area contributed by atoms with Crippen LogP contribution in [0.25, 0.3) is 0 Å². The van der Waals surface area contributed by atoms with Crippen LogP contribution >= 0.6 is 0 Å². The summed E-state index contributed by atoms with van der Waals surface area (Å²) < 4.78 is 11.4. The van der Waals surface area contributed by atoms with Gasteiger partial charge in [-0.15, -0.1) is 0 Å². The molecule has 0 saturated heterocycles. The number of ether oxygens (including phenoxy) is 1. The molecule has 0 aromatic rings. The van der Waals surface area contributed by atoms with Crippen molar-refractivity contribution in [2.45, 2.75) is 77.8 Å². The Hall–Kier alpha value is -0.393. The first-order valence-corrected chi connectivity index (χ1v) is 9.72. The van der Waals surface area contributed by atoms with Gasteiger partial charge >= 0.3 is 5.97 Å². The zero-order valence-corrected chi connectivity index (χ0v) is 14.7. The van der Waals surface area contributed by atoms with E-state index in [1.807, 2.05) is 20.8 Å². The summed E-state index contributed by atoms with van der Waals surface area (Å²) in [5.41, 5.74) is -0.540. The fourth-order valence-corrected chi connectivity index (χ4v) is 2.52. The predicted molar refractivity (Wildman–Crippen MR) is 79.6 cm³/mol. The zero-order chi connectivity index (χ0) is 15.5. The molecule has 0 aliphatic rings. The summed E-state index contributed by atoms with van der Waals surface area (Å²) in [6, 6.07) is 0. The average Bonchev–Trinajstić information content (AvgIpc) is 2.12. The first-order valence-electron chi connectivity index (χ1n) is 6.82. The van der Waals surface area contributed by atoms with Crippen LogP contribution in [0, 0.1) is 0 Å². The van der Waals surface area contributed by atoms with Crippen molar-refractivity contribution in [3.63, 3.8) is 0 Å². The molecule has 0 saturated carbocycles. The molecule has 0 aliphatic heterocycles. The third-order valence-corrected chi connectivity index (χ3v) is 7.79. The smallest absolute Gasteiger partial charge is 0.334 e. The molecule has 0 rings (SSSR count). The van der Waals surface area contributed by atoms with Crippen LogP contribution in [0.2, 0.25) is 18.1 Å². The Morgan fingerprint density at radius 2 is 1.63 bits per heavy atom. The maximum atomic E-state index is 12.1. The summed E-state index contributed by atoms with van der Waals surface area (Å²) in [5.74, 6) is -0.383. The number of aliphatic hydroxyl groups excluding tert-OH is 1. The molecule has 4 nitrogen and oxygen atoms in total. The molecular weight excluding hydrogens is 260 g/mol. The Morgan fingerprint density at radius 1 is 1.16 bits per heavy atom. The van der Waals surface area contributed by atoms with E-state index in [-0.39, 0.29) is 24.0 Å². The highest BCUT2D eigenvalue weighted by atomic mass is 28.4. The Balaban J connectivity index is 4.89. The lowest BCUT2D eigenvalue weighted by Gasteiger charge is -2.39. The molecule has 19 heavy (non-hydrogen) atoms. The van der Waals surface area contributed by atoms with Crippen LogP contribution < -0.4 is 0 Å². The predicted octanol–water partition coefficient (Wildman–Crippen LogP) is 3.10. The van der Waals surface area contributed by atoms with Gasteiger partial charge in [0.2, 0.25) is 0 Å².